The van der Waals surface area contributed by atoms with Crippen molar-refractivity contribution in [1.82, 2.24) is 0 Å². The van der Waals surface area contributed by atoms with Crippen LogP contribution in [0.3, 0.4) is 0 Å². The molecule has 0 spiro atoms. The van der Waals surface area contributed by atoms with E-state index in [4.69, 9.17) is 0 Å². The predicted octanol–water partition coefficient (Wildman–Crippen LogP) is 5.81. The minimum atomic E-state index is -0.661. The topological polar surface area (TPSA) is 20.2 Å². The largest absolute Gasteiger partial charge is 0.386 e. The molecule has 1 aliphatic carbocycles. The first-order valence-electron chi connectivity index (χ1n) is 8.51. The summed E-state index contributed by atoms with van der Waals surface area (Å²) in [6.07, 6.45) is 15.5. The Hall–Kier alpha value is -0.820. The molecule has 1 aliphatic rings. The van der Waals surface area contributed by atoms with Crippen LogP contribution in [-0.2, 0) is 0 Å². The summed E-state index contributed by atoms with van der Waals surface area (Å²) in [5, 5.41) is 10.4. The maximum absolute atomic E-state index is 10.4. The van der Waals surface area contributed by atoms with Gasteiger partial charge in [-0.15, -0.1) is 0 Å². The van der Waals surface area contributed by atoms with E-state index in [2.05, 4.69) is 45.9 Å². The molecule has 0 aliphatic heterocycles. The Morgan fingerprint density at radius 1 is 1.48 bits per heavy atom. The first-order valence-corrected chi connectivity index (χ1v) is 8.51. The van der Waals surface area contributed by atoms with E-state index in [1.54, 1.807) is 0 Å². The number of hydrogen-bond donors (Lipinski definition) is 1. The van der Waals surface area contributed by atoms with E-state index in [1.165, 1.54) is 36.8 Å². The third-order valence-electron chi connectivity index (χ3n) is 4.62. The fraction of sp³-hybridized carbons (Fsp3) is 0.700. The smallest absolute Gasteiger partial charge is 0.0802 e. The molecule has 0 radical (unpaired) electrons. The van der Waals surface area contributed by atoms with Crippen LogP contribution < -0.4 is 0 Å². The molecule has 0 unspecified atom stereocenters. The van der Waals surface area contributed by atoms with Crippen LogP contribution in [0.15, 0.2) is 35.5 Å². The van der Waals surface area contributed by atoms with Crippen LogP contribution >= 0.6 is 0 Å². The highest BCUT2D eigenvalue weighted by Crippen LogP contribution is 2.28. The molecule has 1 N–H and O–H groups in total. The van der Waals surface area contributed by atoms with Gasteiger partial charge in [0.1, 0.15) is 0 Å². The van der Waals surface area contributed by atoms with Gasteiger partial charge in [0.2, 0.25) is 0 Å². The third-order valence-corrected chi connectivity index (χ3v) is 4.62. The van der Waals surface area contributed by atoms with Crippen LogP contribution in [-0.4, -0.2) is 10.7 Å². The minimum Gasteiger partial charge on any atom is -0.386 e. The maximum Gasteiger partial charge on any atom is 0.0802 e. The van der Waals surface area contributed by atoms with Crippen molar-refractivity contribution in [3.8, 4) is 0 Å². The first kappa shape index (κ1) is 18.2. The van der Waals surface area contributed by atoms with Crippen LogP contribution in [0.2, 0.25) is 0 Å². The van der Waals surface area contributed by atoms with Gasteiger partial charge in [0.05, 0.1) is 5.60 Å². The lowest BCUT2D eigenvalue weighted by atomic mass is 9.83. The van der Waals surface area contributed by atoms with Crippen LogP contribution in [0.1, 0.15) is 73.1 Å². The Morgan fingerprint density at radius 2 is 2.19 bits per heavy atom. The van der Waals surface area contributed by atoms with Crippen LogP contribution in [0.25, 0.3) is 0 Å². The lowest BCUT2D eigenvalue weighted by Gasteiger charge is -2.25. The van der Waals surface area contributed by atoms with Crippen molar-refractivity contribution in [3.63, 3.8) is 0 Å². The third kappa shape index (κ3) is 7.66. The summed E-state index contributed by atoms with van der Waals surface area (Å²) in [5.74, 6) is 1.24. The maximum atomic E-state index is 10.4. The molecule has 21 heavy (non-hydrogen) atoms. The molecule has 0 saturated carbocycles. The zero-order valence-corrected chi connectivity index (χ0v) is 14.7. The first-order chi connectivity index (χ1) is 9.80. The average Bonchev–Trinajstić information content (AvgIpc) is 2.37. The molecule has 0 fully saturated rings. The van der Waals surface area contributed by atoms with Gasteiger partial charge in [-0.2, -0.15) is 0 Å². The van der Waals surface area contributed by atoms with Gasteiger partial charge in [-0.25, -0.2) is 0 Å². The molecule has 1 rings (SSSR count). The second-order valence-electron chi connectivity index (χ2n) is 7.34. The van der Waals surface area contributed by atoms with Crippen molar-refractivity contribution in [2.45, 2.75) is 78.7 Å². The molecule has 0 amide bonds. The van der Waals surface area contributed by atoms with Gasteiger partial charge in [0, 0.05) is 0 Å². The molecule has 120 valence electrons. The van der Waals surface area contributed by atoms with E-state index in [0.29, 0.717) is 11.8 Å². The second kappa shape index (κ2) is 8.58. The number of allylic oxidation sites excluding steroid dienone is 5. The van der Waals surface area contributed by atoms with E-state index in [0.717, 1.165) is 12.8 Å². The van der Waals surface area contributed by atoms with E-state index < -0.39 is 5.60 Å². The van der Waals surface area contributed by atoms with Crippen molar-refractivity contribution in [2.24, 2.45) is 11.8 Å². The van der Waals surface area contributed by atoms with E-state index in [9.17, 15) is 5.11 Å². The average molecular weight is 290 g/mol. The summed E-state index contributed by atoms with van der Waals surface area (Å²) >= 11 is 0. The molecular formula is C20H34O. The number of rotatable bonds is 4. The van der Waals surface area contributed by atoms with E-state index >= 15 is 0 Å². The standard InChI is InChI=1S/C20H34O/c1-16(2)8-6-10-18(4)19-12-11-17(3)9-7-14-20(5,21)15-13-19/h8-9,13,15,18-19,21H,6-7,10-12,14H2,1-5H3/b15-13-,17-9-/t18-,19-,20+/m1/s1. The fourth-order valence-corrected chi connectivity index (χ4v) is 2.94. The summed E-state index contributed by atoms with van der Waals surface area (Å²) < 4.78 is 0. The SMILES string of the molecule is CC(C)=CCC[C@@H](C)[C@H]1/C=C\[C@@](C)(O)CC/C=C(/C)CC1. The van der Waals surface area contributed by atoms with E-state index in [1.807, 2.05) is 13.0 Å². The van der Waals surface area contributed by atoms with Gasteiger partial charge in [0.15, 0.2) is 0 Å². The Bertz CT molecular complexity index is 394. The number of aliphatic hydroxyl groups is 1. The van der Waals surface area contributed by atoms with Crippen molar-refractivity contribution >= 4 is 0 Å². The quantitative estimate of drug-likeness (QED) is 0.647. The van der Waals surface area contributed by atoms with Crippen molar-refractivity contribution < 1.29 is 5.11 Å². The summed E-state index contributed by atoms with van der Waals surface area (Å²) in [6.45, 7) is 10.8. The lowest BCUT2D eigenvalue weighted by molar-refractivity contribution is 0.102. The van der Waals surface area contributed by atoms with Crippen LogP contribution in [0, 0.1) is 11.8 Å². The monoisotopic (exact) mass is 290 g/mol. The fourth-order valence-electron chi connectivity index (χ4n) is 2.94. The molecule has 0 aromatic carbocycles. The number of hydrogen-bond acceptors (Lipinski definition) is 1. The zero-order valence-electron chi connectivity index (χ0n) is 14.7. The molecule has 0 bridgehead atoms. The van der Waals surface area contributed by atoms with Crippen molar-refractivity contribution in [3.05, 3.63) is 35.5 Å². The normalized spacial score (nSPS) is 32.7. The van der Waals surface area contributed by atoms with Crippen molar-refractivity contribution in [1.29, 1.82) is 0 Å². The highest BCUT2D eigenvalue weighted by atomic mass is 16.3. The van der Waals surface area contributed by atoms with Gasteiger partial charge >= 0.3 is 0 Å². The molecule has 1 nitrogen and oxygen atoms in total. The Morgan fingerprint density at radius 3 is 2.86 bits per heavy atom. The van der Waals surface area contributed by atoms with Crippen LogP contribution in [0.4, 0.5) is 0 Å². The molecule has 3 atom stereocenters. The molecule has 0 heterocycles. The van der Waals surface area contributed by atoms with Crippen molar-refractivity contribution in [2.75, 3.05) is 0 Å². The Labute approximate surface area is 131 Å². The Kier molecular flexibility index (Phi) is 7.45. The van der Waals surface area contributed by atoms with Gasteiger partial charge in [-0.1, -0.05) is 42.4 Å². The zero-order chi connectivity index (χ0) is 15.9. The highest BCUT2D eigenvalue weighted by molar-refractivity contribution is 5.07. The highest BCUT2D eigenvalue weighted by Gasteiger charge is 2.20. The van der Waals surface area contributed by atoms with Crippen LogP contribution in [0.5, 0.6) is 0 Å². The van der Waals surface area contributed by atoms with E-state index in [-0.39, 0.29) is 0 Å². The molecular weight excluding hydrogens is 256 g/mol. The molecule has 1 heteroatoms. The lowest BCUT2D eigenvalue weighted by Crippen LogP contribution is -2.22. The minimum absolute atomic E-state index is 0.573. The second-order valence-corrected chi connectivity index (χ2v) is 7.34. The van der Waals surface area contributed by atoms with Gasteiger partial charge < -0.3 is 5.11 Å². The molecule has 0 aromatic rings. The summed E-state index contributed by atoms with van der Waals surface area (Å²) in [6, 6.07) is 0. The van der Waals surface area contributed by atoms with Gasteiger partial charge in [-0.3, -0.25) is 0 Å². The van der Waals surface area contributed by atoms with Gasteiger partial charge in [0.25, 0.3) is 0 Å². The summed E-state index contributed by atoms with van der Waals surface area (Å²) in [7, 11) is 0. The molecule has 0 aromatic heterocycles. The Balaban J connectivity index is 2.71. The summed E-state index contributed by atoms with van der Waals surface area (Å²) in [5.41, 5.74) is 2.22. The van der Waals surface area contributed by atoms with Gasteiger partial charge in [-0.05, 0) is 78.1 Å². The predicted molar refractivity (Wildman–Crippen MR) is 93.3 cm³/mol. The molecule has 0 saturated heterocycles. The summed E-state index contributed by atoms with van der Waals surface area (Å²) in [4.78, 5) is 0.